The Hall–Kier alpha value is -0.805. The van der Waals surface area contributed by atoms with Gasteiger partial charge in [0, 0.05) is 12.1 Å². The van der Waals surface area contributed by atoms with Crippen LogP contribution in [0.5, 0.6) is 0 Å². The lowest BCUT2D eigenvalue weighted by Crippen LogP contribution is -2.29. The molecule has 5 heteroatoms. The zero-order chi connectivity index (χ0) is 10.1. The van der Waals surface area contributed by atoms with Crippen molar-refractivity contribution in [3.05, 3.63) is 12.2 Å². The summed E-state index contributed by atoms with van der Waals surface area (Å²) in [6.07, 6.45) is 0. The van der Waals surface area contributed by atoms with Gasteiger partial charge in [0.1, 0.15) is 0 Å². The number of hydrogen-bond donors (Lipinski definition) is 4. The summed E-state index contributed by atoms with van der Waals surface area (Å²) in [7, 11) is -1.45. The number of hydrogen-bond acceptors (Lipinski definition) is 4. The molecule has 0 rings (SSSR count). The van der Waals surface area contributed by atoms with Crippen LogP contribution < -0.4 is 5.32 Å². The van der Waals surface area contributed by atoms with Crippen LogP contribution in [0.3, 0.4) is 0 Å². The predicted molar refractivity (Wildman–Crippen MR) is 52.0 cm³/mol. The average molecular weight is 172 g/mol. The molecular formula is C7H17BN2O2. The van der Waals surface area contributed by atoms with Crippen molar-refractivity contribution < 1.29 is 10.0 Å². The Morgan fingerprint density at radius 2 is 1.92 bits per heavy atom. The maximum atomic E-state index is 8.53. The number of nitrogens with one attached hydrogen (secondary N) is 2. The van der Waals surface area contributed by atoms with Crippen molar-refractivity contribution in [3.63, 3.8) is 0 Å². The standard InChI is InChI=1S/C6H14BNO2.CH3N/c1-5(2)4-8-6(3)7(9)10;1-2/h5,8-10H,3-4H2,1-2H3;2H,1H2. The third-order valence-corrected chi connectivity index (χ3v) is 1.05. The quantitative estimate of drug-likeness (QED) is 0.356. The maximum absolute atomic E-state index is 8.53. The molecule has 0 saturated carbocycles. The normalized spacial score (nSPS) is 8.42. The molecule has 0 aromatic rings. The molecule has 0 spiro atoms. The first-order chi connectivity index (χ1) is 5.54. The van der Waals surface area contributed by atoms with E-state index in [4.69, 9.17) is 15.5 Å². The van der Waals surface area contributed by atoms with E-state index in [1.54, 1.807) is 0 Å². The Kier molecular flexibility index (Phi) is 9.51. The molecule has 0 aliphatic rings. The van der Waals surface area contributed by atoms with Crippen molar-refractivity contribution in [2.45, 2.75) is 13.8 Å². The summed E-state index contributed by atoms with van der Waals surface area (Å²) in [5.74, 6) is 0.482. The summed E-state index contributed by atoms with van der Waals surface area (Å²) in [5, 5.41) is 25.3. The van der Waals surface area contributed by atoms with Gasteiger partial charge in [-0.25, -0.2) is 0 Å². The van der Waals surface area contributed by atoms with Crippen molar-refractivity contribution in [1.82, 2.24) is 5.32 Å². The van der Waals surface area contributed by atoms with E-state index in [1.165, 1.54) is 0 Å². The maximum Gasteiger partial charge on any atom is 0.504 e. The van der Waals surface area contributed by atoms with Crippen LogP contribution in [0.2, 0.25) is 0 Å². The van der Waals surface area contributed by atoms with Gasteiger partial charge >= 0.3 is 7.12 Å². The summed E-state index contributed by atoms with van der Waals surface area (Å²) in [5.41, 5.74) is 0.258. The summed E-state index contributed by atoms with van der Waals surface area (Å²) in [6, 6.07) is 0. The Labute approximate surface area is 74.0 Å². The first-order valence-corrected chi connectivity index (χ1v) is 3.68. The first kappa shape index (κ1) is 13.8. The molecule has 4 nitrogen and oxygen atoms in total. The molecule has 0 aromatic carbocycles. The van der Waals surface area contributed by atoms with E-state index in [-0.39, 0.29) is 5.60 Å². The van der Waals surface area contributed by atoms with Gasteiger partial charge in [0.15, 0.2) is 0 Å². The summed E-state index contributed by atoms with van der Waals surface area (Å²) in [4.78, 5) is 0. The SMILES string of the molecule is C=C(NCC(C)C)B(O)O.C=N. The average Bonchev–Trinajstić information content (AvgIpc) is 2.03. The molecule has 0 aliphatic carbocycles. The van der Waals surface area contributed by atoms with Crippen LogP contribution in [0, 0.1) is 11.3 Å². The van der Waals surface area contributed by atoms with E-state index < -0.39 is 7.12 Å². The van der Waals surface area contributed by atoms with Gasteiger partial charge in [-0.2, -0.15) is 0 Å². The molecule has 0 aromatic heterocycles. The topological polar surface area (TPSA) is 76.3 Å². The highest BCUT2D eigenvalue weighted by atomic mass is 16.4. The molecule has 0 bridgehead atoms. The summed E-state index contributed by atoms with van der Waals surface area (Å²) >= 11 is 0. The molecule has 0 unspecified atom stereocenters. The molecule has 70 valence electrons. The molecule has 0 fully saturated rings. The lowest BCUT2D eigenvalue weighted by atomic mass is 9.87. The van der Waals surface area contributed by atoms with E-state index in [0.29, 0.717) is 5.92 Å². The fourth-order valence-electron chi connectivity index (χ4n) is 0.427. The van der Waals surface area contributed by atoms with Crippen LogP contribution in [0.4, 0.5) is 0 Å². The molecule has 0 heterocycles. The van der Waals surface area contributed by atoms with Gasteiger partial charge in [0.05, 0.1) is 0 Å². The minimum atomic E-state index is -1.45. The summed E-state index contributed by atoms with van der Waals surface area (Å²) in [6.45, 7) is 10.7. The molecule has 4 N–H and O–H groups in total. The minimum absolute atomic E-state index is 0.258. The molecule has 0 radical (unpaired) electrons. The second-order valence-corrected chi connectivity index (χ2v) is 2.67. The highest BCUT2D eigenvalue weighted by Crippen LogP contribution is 1.91. The Bertz CT molecular complexity index is 129. The van der Waals surface area contributed by atoms with Gasteiger partial charge in [-0.1, -0.05) is 20.4 Å². The monoisotopic (exact) mass is 172 g/mol. The fraction of sp³-hybridized carbons (Fsp3) is 0.571. The third kappa shape index (κ3) is 9.19. The fourth-order valence-corrected chi connectivity index (χ4v) is 0.427. The van der Waals surface area contributed by atoms with Crippen LogP contribution >= 0.6 is 0 Å². The van der Waals surface area contributed by atoms with Gasteiger partial charge in [0.2, 0.25) is 0 Å². The minimum Gasteiger partial charge on any atom is -0.422 e. The van der Waals surface area contributed by atoms with Gasteiger partial charge in [-0.15, -0.1) is 0 Å². The lowest BCUT2D eigenvalue weighted by molar-refractivity contribution is 0.412. The molecule has 12 heavy (non-hydrogen) atoms. The van der Waals surface area contributed by atoms with Crippen molar-refractivity contribution in [2.24, 2.45) is 5.92 Å². The van der Waals surface area contributed by atoms with Crippen molar-refractivity contribution in [1.29, 1.82) is 5.41 Å². The third-order valence-electron chi connectivity index (χ3n) is 1.05. The lowest BCUT2D eigenvalue weighted by Gasteiger charge is -2.09. The smallest absolute Gasteiger partial charge is 0.422 e. The second kappa shape index (κ2) is 8.29. The Morgan fingerprint density at radius 3 is 2.17 bits per heavy atom. The molecule has 0 aliphatic heterocycles. The highest BCUT2D eigenvalue weighted by Gasteiger charge is 2.10. The van der Waals surface area contributed by atoms with E-state index in [9.17, 15) is 0 Å². The largest absolute Gasteiger partial charge is 0.504 e. The Morgan fingerprint density at radius 1 is 1.50 bits per heavy atom. The van der Waals surface area contributed by atoms with Crippen molar-refractivity contribution >= 4 is 13.8 Å². The van der Waals surface area contributed by atoms with Crippen LogP contribution in [-0.2, 0) is 0 Å². The van der Waals surface area contributed by atoms with Gasteiger partial charge in [-0.3, -0.25) is 0 Å². The Balaban J connectivity index is 0. The van der Waals surface area contributed by atoms with E-state index in [1.807, 2.05) is 13.8 Å². The molecular weight excluding hydrogens is 155 g/mol. The van der Waals surface area contributed by atoms with Crippen LogP contribution in [0.15, 0.2) is 12.2 Å². The molecule has 0 saturated heterocycles. The van der Waals surface area contributed by atoms with Crippen molar-refractivity contribution in [2.75, 3.05) is 6.54 Å². The van der Waals surface area contributed by atoms with Crippen LogP contribution in [-0.4, -0.2) is 30.4 Å². The van der Waals surface area contributed by atoms with E-state index in [2.05, 4.69) is 18.6 Å². The van der Waals surface area contributed by atoms with Crippen LogP contribution in [0.25, 0.3) is 0 Å². The highest BCUT2D eigenvalue weighted by molar-refractivity contribution is 6.50. The number of rotatable bonds is 4. The second-order valence-electron chi connectivity index (χ2n) is 2.67. The van der Waals surface area contributed by atoms with Gasteiger partial charge < -0.3 is 20.8 Å². The first-order valence-electron chi connectivity index (χ1n) is 3.68. The van der Waals surface area contributed by atoms with Gasteiger partial charge in [0.25, 0.3) is 0 Å². The zero-order valence-corrected chi connectivity index (χ0v) is 7.67. The summed E-state index contributed by atoms with van der Waals surface area (Å²) < 4.78 is 0. The molecule has 0 amide bonds. The predicted octanol–water partition coefficient (Wildman–Crippen LogP) is 0.0235. The zero-order valence-electron chi connectivity index (χ0n) is 7.67. The van der Waals surface area contributed by atoms with Crippen molar-refractivity contribution in [3.8, 4) is 0 Å². The van der Waals surface area contributed by atoms with Gasteiger partial charge in [-0.05, 0) is 12.6 Å². The van der Waals surface area contributed by atoms with Crippen LogP contribution in [0.1, 0.15) is 13.8 Å². The van der Waals surface area contributed by atoms with E-state index >= 15 is 0 Å². The molecule has 0 atom stereocenters. The van der Waals surface area contributed by atoms with E-state index in [0.717, 1.165) is 6.54 Å².